The number of benzene rings is 1. The molecule has 1 amide bonds. The molecule has 1 heterocycles. The second-order valence-corrected chi connectivity index (χ2v) is 6.17. The lowest BCUT2D eigenvalue weighted by atomic mass is 9.97. The molecule has 1 aromatic heterocycles. The number of nitrogens with one attached hydrogen (secondary N) is 1. The van der Waals surface area contributed by atoms with E-state index in [4.69, 9.17) is 21.9 Å². The highest BCUT2D eigenvalue weighted by Crippen LogP contribution is 2.29. The second-order valence-electron chi connectivity index (χ2n) is 5.73. The van der Waals surface area contributed by atoms with E-state index >= 15 is 0 Å². The summed E-state index contributed by atoms with van der Waals surface area (Å²) >= 11 is 5.96. The third-order valence-corrected chi connectivity index (χ3v) is 4.42. The van der Waals surface area contributed by atoms with E-state index < -0.39 is 0 Å². The fraction of sp³-hybridized carbons (Fsp3) is 0.375. The molecule has 0 spiro atoms. The zero-order valence-electron chi connectivity index (χ0n) is 12.1. The Hall–Kier alpha value is -1.85. The van der Waals surface area contributed by atoms with E-state index in [0.29, 0.717) is 17.3 Å². The van der Waals surface area contributed by atoms with Gasteiger partial charge in [-0.15, -0.1) is 0 Å². The van der Waals surface area contributed by atoms with Crippen LogP contribution in [0.3, 0.4) is 0 Å². The zero-order chi connectivity index (χ0) is 15.6. The van der Waals surface area contributed by atoms with Crippen LogP contribution in [0, 0.1) is 0 Å². The van der Waals surface area contributed by atoms with Crippen LogP contribution in [0.1, 0.15) is 36.2 Å². The van der Waals surface area contributed by atoms with Crippen molar-refractivity contribution >= 4 is 17.5 Å². The van der Waals surface area contributed by atoms with Gasteiger partial charge in [-0.1, -0.05) is 41.7 Å². The Morgan fingerprint density at radius 3 is 2.82 bits per heavy atom. The maximum absolute atomic E-state index is 12.4. The molecule has 0 atom stereocenters. The Labute approximate surface area is 133 Å². The average Bonchev–Trinajstić information content (AvgIpc) is 3.17. The van der Waals surface area contributed by atoms with Crippen LogP contribution in [0.15, 0.2) is 34.9 Å². The molecule has 0 radical (unpaired) electrons. The number of nitrogens with two attached hydrogens (primary N) is 1. The number of halogens is 1. The van der Waals surface area contributed by atoms with Crippen LogP contribution < -0.4 is 11.1 Å². The predicted molar refractivity (Wildman–Crippen MR) is 84.7 cm³/mol. The second kappa shape index (κ2) is 6.10. The van der Waals surface area contributed by atoms with Gasteiger partial charge >= 0.3 is 0 Å². The molecule has 2 aromatic rings. The zero-order valence-corrected chi connectivity index (χ0v) is 12.9. The van der Waals surface area contributed by atoms with Gasteiger partial charge in [0.15, 0.2) is 11.5 Å². The fourth-order valence-corrected chi connectivity index (χ4v) is 3.09. The summed E-state index contributed by atoms with van der Waals surface area (Å²) in [7, 11) is 0. The molecule has 0 saturated heterocycles. The number of hydrogen-bond acceptors (Lipinski definition) is 4. The molecule has 5 nitrogen and oxygen atoms in total. The number of amides is 1. The number of carbonyl (C=O) groups is 1. The summed E-state index contributed by atoms with van der Waals surface area (Å²) in [6.07, 6.45) is 4.00. The molecule has 116 valence electrons. The van der Waals surface area contributed by atoms with Gasteiger partial charge in [-0.05, 0) is 25.0 Å². The quantitative estimate of drug-likeness (QED) is 0.907. The lowest BCUT2D eigenvalue weighted by Gasteiger charge is -2.28. The molecule has 1 aliphatic rings. The molecule has 0 bridgehead atoms. The topological polar surface area (TPSA) is 81.1 Å². The normalized spacial score (nSPS) is 16.6. The van der Waals surface area contributed by atoms with Crippen LogP contribution in [0.25, 0.3) is 11.3 Å². The highest BCUT2D eigenvalue weighted by Gasteiger charge is 2.34. The smallest absolute Gasteiger partial charge is 0.273 e. The number of carbonyl (C=O) groups excluding carboxylic acids is 1. The van der Waals surface area contributed by atoms with Crippen LogP contribution in [0.5, 0.6) is 0 Å². The number of aromatic nitrogens is 1. The molecule has 0 aliphatic heterocycles. The monoisotopic (exact) mass is 319 g/mol. The molecule has 1 aliphatic carbocycles. The van der Waals surface area contributed by atoms with Gasteiger partial charge in [-0.2, -0.15) is 0 Å². The van der Waals surface area contributed by atoms with Crippen molar-refractivity contribution in [2.24, 2.45) is 5.73 Å². The summed E-state index contributed by atoms with van der Waals surface area (Å²) in [5.41, 5.74) is 6.58. The predicted octanol–water partition coefficient (Wildman–Crippen LogP) is 3.00. The molecule has 6 heteroatoms. The molecule has 1 fully saturated rings. The molecule has 3 rings (SSSR count). The molecule has 1 aromatic carbocycles. The first kappa shape index (κ1) is 15.1. The van der Waals surface area contributed by atoms with Crippen molar-refractivity contribution in [2.45, 2.75) is 31.2 Å². The maximum Gasteiger partial charge on any atom is 0.273 e. The summed E-state index contributed by atoms with van der Waals surface area (Å²) < 4.78 is 5.26. The van der Waals surface area contributed by atoms with E-state index in [2.05, 4.69) is 10.5 Å². The number of hydrogen-bond donors (Lipinski definition) is 2. The van der Waals surface area contributed by atoms with Gasteiger partial charge < -0.3 is 15.6 Å². The van der Waals surface area contributed by atoms with Crippen LogP contribution in [0.2, 0.25) is 5.02 Å². The SMILES string of the molecule is NCC1(NC(=O)c2cc(-c3cccc(Cl)c3)on2)CCCC1. The van der Waals surface area contributed by atoms with E-state index in [1.165, 1.54) is 0 Å². The van der Waals surface area contributed by atoms with Crippen molar-refractivity contribution in [2.75, 3.05) is 6.54 Å². The summed E-state index contributed by atoms with van der Waals surface area (Å²) in [5.74, 6) is 0.269. The Kier molecular flexibility index (Phi) is 4.18. The standard InChI is InChI=1S/C16H18ClN3O2/c17-12-5-3-4-11(8-12)14-9-13(20-22-14)15(21)19-16(10-18)6-1-2-7-16/h3-5,8-9H,1-2,6-7,10,18H2,(H,19,21). The summed E-state index contributed by atoms with van der Waals surface area (Å²) in [4.78, 5) is 12.4. The van der Waals surface area contributed by atoms with Crippen LogP contribution >= 0.6 is 11.6 Å². The Balaban J connectivity index is 1.77. The average molecular weight is 320 g/mol. The van der Waals surface area contributed by atoms with E-state index in [1.807, 2.05) is 12.1 Å². The van der Waals surface area contributed by atoms with Gasteiger partial charge in [0.2, 0.25) is 0 Å². The third-order valence-electron chi connectivity index (χ3n) is 4.18. The lowest BCUT2D eigenvalue weighted by molar-refractivity contribution is 0.0894. The maximum atomic E-state index is 12.4. The third kappa shape index (κ3) is 3.00. The van der Waals surface area contributed by atoms with Gasteiger partial charge in [-0.25, -0.2) is 0 Å². The van der Waals surface area contributed by atoms with E-state index in [9.17, 15) is 4.79 Å². The minimum Gasteiger partial charge on any atom is -0.355 e. The van der Waals surface area contributed by atoms with Crippen LogP contribution in [-0.2, 0) is 0 Å². The van der Waals surface area contributed by atoms with E-state index in [-0.39, 0.29) is 17.1 Å². The number of rotatable bonds is 4. The molecule has 22 heavy (non-hydrogen) atoms. The summed E-state index contributed by atoms with van der Waals surface area (Å²) in [6.45, 7) is 0.442. The summed E-state index contributed by atoms with van der Waals surface area (Å²) in [6, 6.07) is 8.84. The van der Waals surface area contributed by atoms with Gasteiger partial charge in [0, 0.05) is 23.2 Å². The molecule has 3 N–H and O–H groups in total. The van der Waals surface area contributed by atoms with Gasteiger partial charge in [0.1, 0.15) is 0 Å². The van der Waals surface area contributed by atoms with E-state index in [1.54, 1.807) is 18.2 Å². The van der Waals surface area contributed by atoms with Crippen molar-refractivity contribution in [3.8, 4) is 11.3 Å². The van der Waals surface area contributed by atoms with E-state index in [0.717, 1.165) is 31.2 Å². The number of nitrogens with zero attached hydrogens (tertiary/aromatic N) is 1. The van der Waals surface area contributed by atoms with Gasteiger partial charge in [0.05, 0.1) is 5.54 Å². The minimum atomic E-state index is -0.299. The van der Waals surface area contributed by atoms with Crippen molar-refractivity contribution in [1.29, 1.82) is 0 Å². The minimum absolute atomic E-state index is 0.246. The first-order valence-corrected chi connectivity index (χ1v) is 7.75. The molecule has 1 saturated carbocycles. The first-order chi connectivity index (χ1) is 10.6. The highest BCUT2D eigenvalue weighted by atomic mass is 35.5. The van der Waals surface area contributed by atoms with Crippen molar-refractivity contribution in [3.05, 3.63) is 41.0 Å². The van der Waals surface area contributed by atoms with Gasteiger partial charge in [-0.3, -0.25) is 4.79 Å². The van der Waals surface area contributed by atoms with Crippen molar-refractivity contribution in [1.82, 2.24) is 10.5 Å². The molecular formula is C16H18ClN3O2. The van der Waals surface area contributed by atoms with Gasteiger partial charge in [0.25, 0.3) is 5.91 Å². The van der Waals surface area contributed by atoms with Crippen LogP contribution in [-0.4, -0.2) is 23.1 Å². The fourth-order valence-electron chi connectivity index (χ4n) is 2.90. The Bertz CT molecular complexity index is 678. The van der Waals surface area contributed by atoms with Crippen LogP contribution in [0.4, 0.5) is 0 Å². The molecule has 0 unspecified atom stereocenters. The first-order valence-electron chi connectivity index (χ1n) is 7.37. The largest absolute Gasteiger partial charge is 0.355 e. The van der Waals surface area contributed by atoms with Crippen molar-refractivity contribution < 1.29 is 9.32 Å². The Morgan fingerprint density at radius 2 is 2.14 bits per heavy atom. The molecular weight excluding hydrogens is 302 g/mol. The Morgan fingerprint density at radius 1 is 1.36 bits per heavy atom. The highest BCUT2D eigenvalue weighted by molar-refractivity contribution is 6.30. The summed E-state index contributed by atoms with van der Waals surface area (Å²) in [5, 5.41) is 7.49. The van der Waals surface area contributed by atoms with Crippen molar-refractivity contribution in [3.63, 3.8) is 0 Å². The lowest BCUT2D eigenvalue weighted by Crippen LogP contribution is -2.51.